The Bertz CT molecular complexity index is 518. The number of nitrogens with zero attached hydrogens (tertiary/aromatic N) is 3. The Morgan fingerprint density at radius 3 is 2.92 bits per heavy atom. The number of ether oxygens (including phenoxy) is 2. The largest absolute Gasteiger partial charge is 0.478 e. The zero-order valence-electron chi connectivity index (χ0n) is 15.5. The molecule has 0 saturated carbocycles. The number of guanidine groups is 1. The van der Waals surface area contributed by atoms with Gasteiger partial charge in [-0.1, -0.05) is 6.07 Å². The maximum Gasteiger partial charge on any atom is 0.218 e. The summed E-state index contributed by atoms with van der Waals surface area (Å²) in [5.41, 5.74) is 0.995. The first-order chi connectivity index (χ1) is 12.3. The summed E-state index contributed by atoms with van der Waals surface area (Å²) in [6.07, 6.45) is 2.83. The minimum Gasteiger partial charge on any atom is -0.478 e. The van der Waals surface area contributed by atoms with Crippen LogP contribution in [0.2, 0.25) is 0 Å². The molecular formula is C18H31N5O2. The smallest absolute Gasteiger partial charge is 0.218 e. The van der Waals surface area contributed by atoms with E-state index >= 15 is 0 Å². The second-order valence-electron chi connectivity index (χ2n) is 5.83. The van der Waals surface area contributed by atoms with Crippen molar-refractivity contribution in [3.63, 3.8) is 0 Å². The SMILES string of the molecule is CCNC(=NCc1cccnc1OCC)NCCCN1CCOCC1. The van der Waals surface area contributed by atoms with E-state index in [1.54, 1.807) is 6.20 Å². The molecule has 2 rings (SSSR count). The van der Waals surface area contributed by atoms with Crippen LogP contribution in [0.5, 0.6) is 5.88 Å². The first-order valence-corrected chi connectivity index (χ1v) is 9.22. The molecule has 0 radical (unpaired) electrons. The second-order valence-corrected chi connectivity index (χ2v) is 5.83. The van der Waals surface area contributed by atoms with Gasteiger partial charge in [0.1, 0.15) is 0 Å². The number of nitrogens with one attached hydrogen (secondary N) is 2. The first kappa shape index (κ1) is 19.5. The van der Waals surface area contributed by atoms with Gasteiger partial charge in [-0.05, 0) is 32.9 Å². The summed E-state index contributed by atoms with van der Waals surface area (Å²) in [4.78, 5) is 11.4. The van der Waals surface area contributed by atoms with Crippen molar-refractivity contribution >= 4 is 5.96 Å². The maximum absolute atomic E-state index is 5.56. The molecule has 2 N–H and O–H groups in total. The third-order valence-electron chi connectivity index (χ3n) is 3.93. The second kappa shape index (κ2) is 11.7. The summed E-state index contributed by atoms with van der Waals surface area (Å²) in [6, 6.07) is 3.92. The van der Waals surface area contributed by atoms with E-state index in [1.807, 2.05) is 19.1 Å². The fraction of sp³-hybridized carbons (Fsp3) is 0.667. The molecule has 1 aromatic heterocycles. The normalized spacial score (nSPS) is 15.8. The predicted octanol–water partition coefficient (Wildman–Crippen LogP) is 1.26. The molecule has 0 amide bonds. The van der Waals surface area contributed by atoms with Gasteiger partial charge in [-0.25, -0.2) is 9.98 Å². The van der Waals surface area contributed by atoms with Crippen molar-refractivity contribution in [3.8, 4) is 5.88 Å². The summed E-state index contributed by atoms with van der Waals surface area (Å²) >= 11 is 0. The van der Waals surface area contributed by atoms with Crippen LogP contribution in [0.3, 0.4) is 0 Å². The Kier molecular flexibility index (Phi) is 9.07. The lowest BCUT2D eigenvalue weighted by atomic mass is 10.3. The highest BCUT2D eigenvalue weighted by atomic mass is 16.5. The van der Waals surface area contributed by atoms with Crippen LogP contribution >= 0.6 is 0 Å². The highest BCUT2D eigenvalue weighted by Gasteiger charge is 2.09. The van der Waals surface area contributed by atoms with Gasteiger partial charge in [-0.2, -0.15) is 0 Å². The third kappa shape index (κ3) is 7.27. The molecule has 25 heavy (non-hydrogen) atoms. The highest BCUT2D eigenvalue weighted by molar-refractivity contribution is 5.79. The third-order valence-corrected chi connectivity index (χ3v) is 3.93. The Morgan fingerprint density at radius 2 is 2.16 bits per heavy atom. The fourth-order valence-corrected chi connectivity index (χ4v) is 2.65. The predicted molar refractivity (Wildman–Crippen MR) is 100 cm³/mol. The molecule has 0 aliphatic carbocycles. The van der Waals surface area contributed by atoms with Gasteiger partial charge in [0.15, 0.2) is 5.96 Å². The first-order valence-electron chi connectivity index (χ1n) is 9.22. The van der Waals surface area contributed by atoms with Crippen molar-refractivity contribution in [1.29, 1.82) is 0 Å². The van der Waals surface area contributed by atoms with Gasteiger partial charge in [-0.3, -0.25) is 4.90 Å². The van der Waals surface area contributed by atoms with E-state index in [2.05, 4.69) is 32.4 Å². The molecular weight excluding hydrogens is 318 g/mol. The molecule has 0 bridgehead atoms. The van der Waals surface area contributed by atoms with Gasteiger partial charge in [0, 0.05) is 37.9 Å². The molecule has 140 valence electrons. The van der Waals surface area contributed by atoms with Crippen LogP contribution in [0.15, 0.2) is 23.3 Å². The average molecular weight is 349 g/mol. The lowest BCUT2D eigenvalue weighted by Gasteiger charge is -2.26. The van der Waals surface area contributed by atoms with Crippen LogP contribution in [0.1, 0.15) is 25.8 Å². The summed E-state index contributed by atoms with van der Waals surface area (Å²) in [5, 5.41) is 6.69. The van der Waals surface area contributed by atoms with Crippen LogP contribution < -0.4 is 15.4 Å². The van der Waals surface area contributed by atoms with E-state index in [-0.39, 0.29) is 0 Å². The van der Waals surface area contributed by atoms with E-state index in [9.17, 15) is 0 Å². The molecule has 0 atom stereocenters. The van der Waals surface area contributed by atoms with Crippen LogP contribution in [-0.4, -0.2) is 68.4 Å². The number of rotatable bonds is 9. The van der Waals surface area contributed by atoms with Crippen molar-refractivity contribution < 1.29 is 9.47 Å². The van der Waals surface area contributed by atoms with Crippen molar-refractivity contribution in [2.24, 2.45) is 4.99 Å². The van der Waals surface area contributed by atoms with Crippen LogP contribution in [-0.2, 0) is 11.3 Å². The standard InChI is InChI=1S/C18H31N5O2/c1-3-19-18(21-9-6-10-23-11-13-24-14-12-23)22-15-16-7-5-8-20-17(16)25-4-2/h5,7-8H,3-4,6,9-15H2,1-2H3,(H2,19,21,22). The number of morpholine rings is 1. The Hall–Kier alpha value is -1.86. The van der Waals surface area contributed by atoms with Crippen molar-refractivity contribution in [2.75, 3.05) is 52.5 Å². The van der Waals surface area contributed by atoms with Gasteiger partial charge in [0.2, 0.25) is 5.88 Å². The number of hydrogen-bond acceptors (Lipinski definition) is 5. The molecule has 1 fully saturated rings. The van der Waals surface area contributed by atoms with Gasteiger partial charge in [0.05, 0.1) is 26.4 Å². The van der Waals surface area contributed by atoms with Crippen molar-refractivity contribution in [2.45, 2.75) is 26.8 Å². The molecule has 1 aromatic rings. The summed E-state index contributed by atoms with van der Waals surface area (Å²) in [7, 11) is 0. The zero-order chi connectivity index (χ0) is 17.7. The molecule has 0 spiro atoms. The van der Waals surface area contributed by atoms with Crippen molar-refractivity contribution in [1.82, 2.24) is 20.5 Å². The van der Waals surface area contributed by atoms with Gasteiger partial charge < -0.3 is 20.1 Å². The maximum atomic E-state index is 5.56. The van der Waals surface area contributed by atoms with Gasteiger partial charge in [0.25, 0.3) is 0 Å². The molecule has 1 aliphatic heterocycles. The molecule has 0 aromatic carbocycles. The molecule has 7 nitrogen and oxygen atoms in total. The number of aromatic nitrogens is 1. The summed E-state index contributed by atoms with van der Waals surface area (Å²) in [5.74, 6) is 1.49. The topological polar surface area (TPSA) is 71.0 Å². The Morgan fingerprint density at radius 1 is 1.32 bits per heavy atom. The lowest BCUT2D eigenvalue weighted by molar-refractivity contribution is 0.0376. The van der Waals surface area contributed by atoms with E-state index in [4.69, 9.17) is 9.47 Å². The summed E-state index contributed by atoms with van der Waals surface area (Å²) < 4.78 is 10.9. The van der Waals surface area contributed by atoms with Crippen LogP contribution in [0, 0.1) is 0 Å². The quantitative estimate of drug-likeness (QED) is 0.397. The molecule has 1 aliphatic rings. The number of aliphatic imine (C=N–C) groups is 1. The number of hydrogen-bond donors (Lipinski definition) is 2. The molecule has 7 heteroatoms. The minimum atomic E-state index is 0.544. The Balaban J connectivity index is 1.79. The monoisotopic (exact) mass is 349 g/mol. The zero-order valence-corrected chi connectivity index (χ0v) is 15.5. The highest BCUT2D eigenvalue weighted by Crippen LogP contribution is 2.15. The fourth-order valence-electron chi connectivity index (χ4n) is 2.65. The minimum absolute atomic E-state index is 0.544. The van der Waals surface area contributed by atoms with Crippen molar-refractivity contribution in [3.05, 3.63) is 23.9 Å². The average Bonchev–Trinajstić information content (AvgIpc) is 2.65. The van der Waals surface area contributed by atoms with Crippen LogP contribution in [0.4, 0.5) is 0 Å². The van der Waals surface area contributed by atoms with Gasteiger partial charge >= 0.3 is 0 Å². The molecule has 1 saturated heterocycles. The van der Waals surface area contributed by atoms with E-state index in [0.717, 1.165) is 63.9 Å². The van der Waals surface area contributed by atoms with E-state index < -0.39 is 0 Å². The molecule has 2 heterocycles. The number of pyridine rings is 1. The Labute approximate surface area is 150 Å². The van der Waals surface area contributed by atoms with Crippen LogP contribution in [0.25, 0.3) is 0 Å². The van der Waals surface area contributed by atoms with E-state index in [1.165, 1.54) is 0 Å². The van der Waals surface area contributed by atoms with E-state index in [0.29, 0.717) is 19.0 Å². The summed E-state index contributed by atoms with van der Waals surface area (Å²) in [6.45, 7) is 11.8. The van der Waals surface area contributed by atoms with Gasteiger partial charge in [-0.15, -0.1) is 0 Å². The molecule has 0 unspecified atom stereocenters. The lowest BCUT2D eigenvalue weighted by Crippen LogP contribution is -2.40.